The highest BCUT2D eigenvalue weighted by Gasteiger charge is 2.03. The molecule has 0 saturated carbocycles. The summed E-state index contributed by atoms with van der Waals surface area (Å²) in [6.07, 6.45) is 0.623. The fourth-order valence-electron chi connectivity index (χ4n) is 1.30. The van der Waals surface area contributed by atoms with E-state index in [1.54, 1.807) is 0 Å². The lowest BCUT2D eigenvalue weighted by Gasteiger charge is -2.12. The quantitative estimate of drug-likeness (QED) is 0.785. The summed E-state index contributed by atoms with van der Waals surface area (Å²) < 4.78 is 25.6. The summed E-state index contributed by atoms with van der Waals surface area (Å²) >= 11 is 0. The van der Waals surface area contributed by atoms with Gasteiger partial charge in [0.05, 0.1) is 0 Å². The van der Waals surface area contributed by atoms with E-state index in [4.69, 9.17) is 5.11 Å². The molecule has 1 aromatic carbocycles. The SMILES string of the molecule is C[C@H](CCO)NCc1cc(F)cc(F)c1. The van der Waals surface area contributed by atoms with Crippen LogP contribution in [0.1, 0.15) is 18.9 Å². The van der Waals surface area contributed by atoms with E-state index in [2.05, 4.69) is 5.32 Å². The third kappa shape index (κ3) is 4.36. The van der Waals surface area contributed by atoms with Crippen LogP contribution in [-0.2, 0) is 6.54 Å². The van der Waals surface area contributed by atoms with E-state index >= 15 is 0 Å². The lowest BCUT2D eigenvalue weighted by atomic mass is 10.2. The molecule has 4 heteroatoms. The van der Waals surface area contributed by atoms with Crippen molar-refractivity contribution in [1.82, 2.24) is 5.32 Å². The van der Waals surface area contributed by atoms with E-state index in [1.807, 2.05) is 6.92 Å². The van der Waals surface area contributed by atoms with Gasteiger partial charge in [0, 0.05) is 25.3 Å². The molecule has 0 aliphatic rings. The minimum absolute atomic E-state index is 0.103. The smallest absolute Gasteiger partial charge is 0.126 e. The minimum atomic E-state index is -0.568. The van der Waals surface area contributed by atoms with Crippen molar-refractivity contribution >= 4 is 0 Å². The molecule has 1 rings (SSSR count). The maximum absolute atomic E-state index is 12.8. The Bertz CT molecular complexity index is 297. The number of aliphatic hydroxyl groups is 1. The molecule has 0 unspecified atom stereocenters. The number of benzene rings is 1. The number of rotatable bonds is 5. The highest BCUT2D eigenvalue weighted by Crippen LogP contribution is 2.08. The van der Waals surface area contributed by atoms with Crippen LogP contribution in [0.3, 0.4) is 0 Å². The summed E-state index contributed by atoms with van der Waals surface area (Å²) in [5.41, 5.74) is 0.567. The number of aliphatic hydroxyl groups excluding tert-OH is 1. The Labute approximate surface area is 87.9 Å². The second-order valence-corrected chi connectivity index (χ2v) is 3.57. The number of hydrogen-bond donors (Lipinski definition) is 2. The standard InChI is InChI=1S/C11H15F2NO/c1-8(2-3-15)14-7-9-4-10(12)6-11(13)5-9/h4-6,8,14-15H,2-3,7H2,1H3/t8-/m1/s1. The van der Waals surface area contributed by atoms with Gasteiger partial charge in [-0.15, -0.1) is 0 Å². The van der Waals surface area contributed by atoms with E-state index in [-0.39, 0.29) is 12.6 Å². The van der Waals surface area contributed by atoms with Crippen molar-refractivity contribution in [3.05, 3.63) is 35.4 Å². The molecule has 0 heterocycles. The predicted molar refractivity (Wildman–Crippen MR) is 54.4 cm³/mol. The third-order valence-electron chi connectivity index (χ3n) is 2.14. The van der Waals surface area contributed by atoms with Gasteiger partial charge in [-0.3, -0.25) is 0 Å². The molecule has 0 amide bonds. The van der Waals surface area contributed by atoms with E-state index in [0.29, 0.717) is 18.5 Å². The highest BCUT2D eigenvalue weighted by atomic mass is 19.1. The molecule has 1 atom stereocenters. The van der Waals surface area contributed by atoms with Crippen LogP contribution in [0.5, 0.6) is 0 Å². The maximum Gasteiger partial charge on any atom is 0.126 e. The largest absolute Gasteiger partial charge is 0.396 e. The Hall–Kier alpha value is -1.00. The molecule has 2 N–H and O–H groups in total. The molecule has 1 aromatic rings. The molecule has 15 heavy (non-hydrogen) atoms. The van der Waals surface area contributed by atoms with Crippen LogP contribution in [0.25, 0.3) is 0 Å². The second kappa shape index (κ2) is 5.78. The van der Waals surface area contributed by atoms with Gasteiger partial charge in [0.1, 0.15) is 11.6 Å². The van der Waals surface area contributed by atoms with Crippen LogP contribution in [0.2, 0.25) is 0 Å². The molecule has 0 bridgehead atoms. The normalized spacial score (nSPS) is 12.8. The van der Waals surface area contributed by atoms with Crippen molar-refractivity contribution in [3.63, 3.8) is 0 Å². The van der Waals surface area contributed by atoms with Gasteiger partial charge in [-0.25, -0.2) is 8.78 Å². The molecule has 84 valence electrons. The first kappa shape index (κ1) is 12.1. The molecule has 0 fully saturated rings. The molecule has 0 radical (unpaired) electrons. The first-order valence-corrected chi connectivity index (χ1v) is 4.91. The topological polar surface area (TPSA) is 32.3 Å². The van der Waals surface area contributed by atoms with Crippen molar-refractivity contribution in [3.8, 4) is 0 Å². The Balaban J connectivity index is 2.50. The Morgan fingerprint density at radius 3 is 2.40 bits per heavy atom. The fourth-order valence-corrected chi connectivity index (χ4v) is 1.30. The van der Waals surface area contributed by atoms with Gasteiger partial charge in [-0.1, -0.05) is 0 Å². The van der Waals surface area contributed by atoms with E-state index in [9.17, 15) is 8.78 Å². The third-order valence-corrected chi connectivity index (χ3v) is 2.14. The Morgan fingerprint density at radius 1 is 1.27 bits per heavy atom. The lowest BCUT2D eigenvalue weighted by molar-refractivity contribution is 0.268. The molecule has 0 aliphatic carbocycles. The monoisotopic (exact) mass is 215 g/mol. The average Bonchev–Trinajstić information content (AvgIpc) is 2.14. The first-order valence-electron chi connectivity index (χ1n) is 4.91. The zero-order chi connectivity index (χ0) is 11.3. The van der Waals surface area contributed by atoms with Crippen LogP contribution in [-0.4, -0.2) is 17.8 Å². The van der Waals surface area contributed by atoms with Gasteiger partial charge in [-0.05, 0) is 31.0 Å². The molecule has 0 aromatic heterocycles. The summed E-state index contributed by atoms with van der Waals surface area (Å²) in [5, 5.41) is 11.7. The zero-order valence-electron chi connectivity index (χ0n) is 8.63. The van der Waals surface area contributed by atoms with Gasteiger partial charge in [0.15, 0.2) is 0 Å². The van der Waals surface area contributed by atoms with Gasteiger partial charge in [0.25, 0.3) is 0 Å². The fraction of sp³-hybridized carbons (Fsp3) is 0.455. The van der Waals surface area contributed by atoms with Gasteiger partial charge >= 0.3 is 0 Å². The van der Waals surface area contributed by atoms with E-state index in [1.165, 1.54) is 12.1 Å². The van der Waals surface area contributed by atoms with Crippen LogP contribution in [0.15, 0.2) is 18.2 Å². The number of nitrogens with one attached hydrogen (secondary N) is 1. The average molecular weight is 215 g/mol. The summed E-state index contributed by atoms with van der Waals surface area (Å²) in [4.78, 5) is 0. The Morgan fingerprint density at radius 2 is 1.87 bits per heavy atom. The van der Waals surface area contributed by atoms with Gasteiger partial charge < -0.3 is 10.4 Å². The van der Waals surface area contributed by atoms with Crippen molar-refractivity contribution in [2.24, 2.45) is 0 Å². The minimum Gasteiger partial charge on any atom is -0.396 e. The van der Waals surface area contributed by atoms with Gasteiger partial charge in [-0.2, -0.15) is 0 Å². The van der Waals surface area contributed by atoms with Gasteiger partial charge in [0.2, 0.25) is 0 Å². The molecule has 2 nitrogen and oxygen atoms in total. The van der Waals surface area contributed by atoms with Crippen LogP contribution < -0.4 is 5.32 Å². The zero-order valence-corrected chi connectivity index (χ0v) is 8.63. The van der Waals surface area contributed by atoms with Crippen molar-refractivity contribution in [1.29, 1.82) is 0 Å². The molecule has 0 saturated heterocycles. The molecular formula is C11H15F2NO. The summed E-state index contributed by atoms with van der Waals surface area (Å²) in [5.74, 6) is -1.14. The van der Waals surface area contributed by atoms with Crippen LogP contribution in [0, 0.1) is 11.6 Å². The summed E-state index contributed by atoms with van der Waals surface area (Å²) in [6.45, 7) is 2.41. The number of halogens is 2. The van der Waals surface area contributed by atoms with Crippen molar-refractivity contribution in [2.45, 2.75) is 25.9 Å². The molecule has 0 aliphatic heterocycles. The molecular weight excluding hydrogens is 200 g/mol. The van der Waals surface area contributed by atoms with Crippen LogP contribution in [0.4, 0.5) is 8.78 Å². The number of hydrogen-bond acceptors (Lipinski definition) is 2. The first-order chi connectivity index (χ1) is 7.11. The van der Waals surface area contributed by atoms with Crippen LogP contribution >= 0.6 is 0 Å². The lowest BCUT2D eigenvalue weighted by Crippen LogP contribution is -2.26. The summed E-state index contributed by atoms with van der Waals surface area (Å²) in [7, 11) is 0. The maximum atomic E-state index is 12.8. The predicted octanol–water partition coefficient (Wildman–Crippen LogP) is 1.83. The highest BCUT2D eigenvalue weighted by molar-refractivity contribution is 5.17. The summed E-state index contributed by atoms with van der Waals surface area (Å²) in [6, 6.07) is 3.56. The van der Waals surface area contributed by atoms with E-state index in [0.717, 1.165) is 6.07 Å². The van der Waals surface area contributed by atoms with Crippen molar-refractivity contribution < 1.29 is 13.9 Å². The Kier molecular flexibility index (Phi) is 4.65. The molecule has 0 spiro atoms. The van der Waals surface area contributed by atoms with Crippen molar-refractivity contribution in [2.75, 3.05) is 6.61 Å². The van der Waals surface area contributed by atoms with E-state index < -0.39 is 11.6 Å². The second-order valence-electron chi connectivity index (χ2n) is 3.57.